The summed E-state index contributed by atoms with van der Waals surface area (Å²) in [6.07, 6.45) is 6.04. The van der Waals surface area contributed by atoms with Gasteiger partial charge in [-0.25, -0.2) is 0 Å². The number of rotatable bonds is 10. The second-order valence-electron chi connectivity index (χ2n) is 23.4. The molecule has 0 N–H and O–H groups in total. The van der Waals surface area contributed by atoms with Crippen molar-refractivity contribution in [3.05, 3.63) is 261 Å². The van der Waals surface area contributed by atoms with Crippen LogP contribution in [0.5, 0.6) is 0 Å². The Labute approximate surface area is 472 Å². The molecule has 0 aliphatic carbocycles. The second-order valence-corrected chi connectivity index (χ2v) is 23.4. The lowest BCUT2D eigenvalue weighted by molar-refractivity contribution is 0.953. The number of aromatic nitrogens is 2. The average Bonchev–Trinajstić information content (AvgIpc) is 3.59. The summed E-state index contributed by atoms with van der Waals surface area (Å²) in [5, 5.41) is 12.4. The maximum atomic E-state index is 5.02. The van der Waals surface area contributed by atoms with E-state index in [2.05, 4.69) is 257 Å². The van der Waals surface area contributed by atoms with E-state index >= 15 is 0 Å². The minimum atomic E-state index is 0.0316. The summed E-state index contributed by atoms with van der Waals surface area (Å²) in [6.45, 7) is 23.1. The van der Waals surface area contributed by atoms with Crippen LogP contribution in [0.15, 0.2) is 194 Å². The molecular weight excluding hydrogens is 962 g/mol. The highest BCUT2D eigenvalue weighted by molar-refractivity contribution is 6.98. The third kappa shape index (κ3) is 8.87. The lowest BCUT2D eigenvalue weighted by Gasteiger charge is -2.26. The van der Waals surface area contributed by atoms with Crippen molar-refractivity contribution >= 4 is 111 Å². The first kappa shape index (κ1) is 50.9. The van der Waals surface area contributed by atoms with E-state index in [-0.39, 0.29) is 13.4 Å². The van der Waals surface area contributed by atoms with E-state index in [0.29, 0.717) is 0 Å². The zero-order valence-electron chi connectivity index (χ0n) is 47.9. The summed E-state index contributed by atoms with van der Waals surface area (Å²) in [5.41, 5.74) is 28.7. The van der Waals surface area contributed by atoms with Crippen molar-refractivity contribution in [2.24, 2.45) is 0 Å². The van der Waals surface area contributed by atoms with Crippen LogP contribution in [0, 0.1) is 69.2 Å². The van der Waals surface area contributed by atoms with Crippen LogP contribution in [0.1, 0.15) is 66.8 Å². The molecule has 0 fully saturated rings. The topological polar surface area (TPSA) is 25.8 Å². The monoisotopic (exact) mass is 1030 g/mol. The van der Waals surface area contributed by atoms with Gasteiger partial charge in [0, 0.05) is 44.7 Å². The van der Waals surface area contributed by atoms with Gasteiger partial charge in [0.05, 0.1) is 11.0 Å². The number of para-hydroxylation sites is 1. The SMILES string of the molecule is Cc1cc(C)c(B(c2cccc(-c3ccc4c(c3)ncc3ccc5ccccc5c34)c2)c2c(C)cc(CCc3cc(C)c(B(c4c(C)cc(C)cc4C)c4cc5cnc6ccccc6c5c5ccccc45)c(C)c3)cc2C)c(C)c1. The van der Waals surface area contributed by atoms with Crippen LogP contribution in [0.2, 0.25) is 0 Å². The molecule has 2 aromatic heterocycles. The molecule has 4 heteroatoms. The van der Waals surface area contributed by atoms with Crippen molar-refractivity contribution in [1.82, 2.24) is 9.97 Å². The Morgan fingerprint density at radius 1 is 0.312 bits per heavy atom. The smallest absolute Gasteiger partial charge is 0.243 e. The third-order valence-corrected chi connectivity index (χ3v) is 17.7. The molecule has 80 heavy (non-hydrogen) atoms. The van der Waals surface area contributed by atoms with Crippen LogP contribution in [0.25, 0.3) is 76.0 Å². The highest BCUT2D eigenvalue weighted by Gasteiger charge is 2.32. The highest BCUT2D eigenvalue weighted by atomic mass is 14.7. The van der Waals surface area contributed by atoms with Gasteiger partial charge in [0.2, 0.25) is 13.4 Å². The summed E-state index contributed by atoms with van der Waals surface area (Å²) in [7, 11) is 0. The van der Waals surface area contributed by atoms with Gasteiger partial charge in [-0.3, -0.25) is 9.97 Å². The molecule has 13 aromatic rings. The highest BCUT2D eigenvalue weighted by Crippen LogP contribution is 2.34. The fourth-order valence-electron chi connectivity index (χ4n) is 14.6. The Bertz CT molecular complexity index is 4590. The minimum Gasteiger partial charge on any atom is -0.256 e. The van der Waals surface area contributed by atoms with Crippen molar-refractivity contribution in [2.45, 2.75) is 82.1 Å². The van der Waals surface area contributed by atoms with Crippen LogP contribution in [0.3, 0.4) is 0 Å². The van der Waals surface area contributed by atoms with Crippen molar-refractivity contribution in [3.63, 3.8) is 0 Å². The van der Waals surface area contributed by atoms with E-state index in [1.54, 1.807) is 0 Å². The molecule has 13 rings (SSSR count). The molecule has 0 aliphatic heterocycles. The van der Waals surface area contributed by atoms with Crippen LogP contribution in [-0.2, 0) is 12.8 Å². The Balaban J connectivity index is 0.858. The molecule has 0 aliphatic rings. The first-order valence-corrected chi connectivity index (χ1v) is 28.6. The van der Waals surface area contributed by atoms with E-state index in [4.69, 9.17) is 9.97 Å². The Kier molecular flexibility index (Phi) is 12.9. The molecule has 2 heterocycles. The van der Waals surface area contributed by atoms with Gasteiger partial charge in [-0.05, 0) is 138 Å². The summed E-state index contributed by atoms with van der Waals surface area (Å²) < 4.78 is 0. The molecule has 0 bridgehead atoms. The van der Waals surface area contributed by atoms with Gasteiger partial charge in [-0.1, -0.05) is 258 Å². The zero-order valence-corrected chi connectivity index (χ0v) is 47.9. The van der Waals surface area contributed by atoms with Crippen LogP contribution >= 0.6 is 0 Å². The van der Waals surface area contributed by atoms with Crippen LogP contribution < -0.4 is 32.8 Å². The number of nitrogens with zero attached hydrogens (tertiary/aromatic N) is 2. The van der Waals surface area contributed by atoms with E-state index in [1.807, 2.05) is 6.20 Å². The van der Waals surface area contributed by atoms with Gasteiger partial charge in [-0.15, -0.1) is 0 Å². The molecule has 2 nitrogen and oxygen atoms in total. The lowest BCUT2D eigenvalue weighted by atomic mass is 9.33. The first-order valence-electron chi connectivity index (χ1n) is 28.6. The van der Waals surface area contributed by atoms with Crippen molar-refractivity contribution in [2.75, 3.05) is 0 Å². The predicted octanol–water partition coefficient (Wildman–Crippen LogP) is 15.0. The third-order valence-electron chi connectivity index (χ3n) is 17.7. The molecule has 0 unspecified atom stereocenters. The van der Waals surface area contributed by atoms with Gasteiger partial charge in [0.15, 0.2) is 0 Å². The zero-order chi connectivity index (χ0) is 55.1. The van der Waals surface area contributed by atoms with E-state index < -0.39 is 0 Å². The molecule has 0 spiro atoms. The van der Waals surface area contributed by atoms with Gasteiger partial charge in [0.25, 0.3) is 0 Å². The van der Waals surface area contributed by atoms with E-state index in [1.165, 1.54) is 165 Å². The summed E-state index contributed by atoms with van der Waals surface area (Å²) in [4.78, 5) is 10.0. The maximum absolute atomic E-state index is 5.02. The number of hydrogen-bond donors (Lipinski definition) is 0. The normalized spacial score (nSPS) is 11.7. The number of pyridine rings is 2. The van der Waals surface area contributed by atoms with Gasteiger partial charge >= 0.3 is 0 Å². The minimum absolute atomic E-state index is 0.0316. The molecule has 0 saturated carbocycles. The van der Waals surface area contributed by atoms with Crippen LogP contribution in [-0.4, -0.2) is 23.4 Å². The Morgan fingerprint density at radius 2 is 0.775 bits per heavy atom. The van der Waals surface area contributed by atoms with E-state index in [9.17, 15) is 0 Å². The molecule has 0 saturated heterocycles. The summed E-state index contributed by atoms with van der Waals surface area (Å²) in [5.74, 6) is 0. The summed E-state index contributed by atoms with van der Waals surface area (Å²) in [6, 6.07) is 68.8. The second kappa shape index (κ2) is 20.3. The maximum Gasteiger partial charge on any atom is 0.243 e. The van der Waals surface area contributed by atoms with Crippen molar-refractivity contribution in [1.29, 1.82) is 0 Å². The molecule has 386 valence electrons. The average molecular weight is 1030 g/mol. The fourth-order valence-corrected chi connectivity index (χ4v) is 14.6. The van der Waals surface area contributed by atoms with Gasteiger partial charge < -0.3 is 0 Å². The first-order chi connectivity index (χ1) is 38.8. The number of benzene rings is 11. The number of aryl methyl sites for hydroxylation is 12. The van der Waals surface area contributed by atoms with Gasteiger partial charge in [-0.2, -0.15) is 0 Å². The number of hydrogen-bond acceptors (Lipinski definition) is 2. The Morgan fingerprint density at radius 3 is 1.40 bits per heavy atom. The van der Waals surface area contributed by atoms with Crippen LogP contribution in [0.4, 0.5) is 0 Å². The van der Waals surface area contributed by atoms with Crippen molar-refractivity contribution in [3.8, 4) is 11.1 Å². The number of fused-ring (bicyclic) bond motifs is 10. The summed E-state index contributed by atoms with van der Waals surface area (Å²) >= 11 is 0. The molecular formula is C76H66B2N2. The molecule has 0 radical (unpaired) electrons. The predicted molar refractivity (Wildman–Crippen MR) is 349 cm³/mol. The quantitative estimate of drug-likeness (QED) is 0.101. The fraction of sp³-hybridized carbons (Fsp3) is 0.158. The molecule has 11 aromatic carbocycles. The van der Waals surface area contributed by atoms with Crippen molar-refractivity contribution < 1.29 is 0 Å². The molecule has 0 atom stereocenters. The van der Waals surface area contributed by atoms with Gasteiger partial charge in [0.1, 0.15) is 0 Å². The Hall–Kier alpha value is -8.59. The largest absolute Gasteiger partial charge is 0.256 e. The molecule has 0 amide bonds. The standard InChI is InChI=1S/C76H66B2N2/c1-45-32-47(3)73(48(4)33-45)77(62-20-17-19-58(40-62)59-30-31-67-70(42-59)80-43-60-29-28-57-18-11-12-21-63(57)71(60)67)74-51(7)36-55(37-52(74)8)26-27-56-38-53(9)76(54(10)39-56)78(75-49(5)34-46(2)35-50(75)6)68-41-61-44-79-69-25-16-15-24-66(69)72(61)65-23-14-13-22-64(65)68/h11-25,28-44H,26-27H2,1-10H3. The lowest BCUT2D eigenvalue weighted by Crippen LogP contribution is -2.56. The van der Waals surface area contributed by atoms with E-state index in [0.717, 1.165) is 23.9 Å².